The second-order valence-electron chi connectivity index (χ2n) is 6.69. The summed E-state index contributed by atoms with van der Waals surface area (Å²) in [5.74, 6) is -1.06. The Bertz CT molecular complexity index is 1120. The standard InChI is InChI=1S/C19H18O10/c20-6-11-14(23)16(25)17(26)19(29-11)28-10-5-4-7-13(22)12-8(21)2-1-3-9(12)27-18(7)15(10)24/h1-5,11,14,16-17,19-21,23-26H,6H2/t11-,14-,16+,17-,19+/m0/s1. The zero-order valence-corrected chi connectivity index (χ0v) is 14.8. The summed E-state index contributed by atoms with van der Waals surface area (Å²) in [7, 11) is 0. The van der Waals surface area contributed by atoms with E-state index in [0.717, 1.165) is 0 Å². The van der Waals surface area contributed by atoms with Gasteiger partial charge in [-0.2, -0.15) is 0 Å². The molecule has 29 heavy (non-hydrogen) atoms. The molecule has 3 aromatic rings. The highest BCUT2D eigenvalue weighted by atomic mass is 16.7. The maximum absolute atomic E-state index is 12.7. The predicted molar refractivity (Wildman–Crippen MR) is 97.7 cm³/mol. The molecule has 0 saturated carbocycles. The molecule has 0 amide bonds. The molecular weight excluding hydrogens is 388 g/mol. The molecule has 0 unspecified atom stereocenters. The lowest BCUT2D eigenvalue weighted by Gasteiger charge is -2.39. The summed E-state index contributed by atoms with van der Waals surface area (Å²) in [4.78, 5) is 12.7. The number of phenolic OH excluding ortho intramolecular Hbond substituents is 2. The molecule has 2 heterocycles. The van der Waals surface area contributed by atoms with Crippen molar-refractivity contribution in [3.8, 4) is 17.2 Å². The van der Waals surface area contributed by atoms with Gasteiger partial charge in [0.2, 0.25) is 17.5 Å². The van der Waals surface area contributed by atoms with Gasteiger partial charge in [-0.1, -0.05) is 6.07 Å². The molecule has 10 heteroatoms. The van der Waals surface area contributed by atoms with Crippen molar-refractivity contribution >= 4 is 21.9 Å². The van der Waals surface area contributed by atoms with Gasteiger partial charge in [0.05, 0.1) is 12.0 Å². The van der Waals surface area contributed by atoms with Crippen LogP contribution in [0.4, 0.5) is 0 Å². The van der Waals surface area contributed by atoms with E-state index in [1.807, 2.05) is 0 Å². The van der Waals surface area contributed by atoms with Gasteiger partial charge >= 0.3 is 0 Å². The summed E-state index contributed by atoms with van der Waals surface area (Å²) in [5.41, 5.74) is -0.730. The summed E-state index contributed by atoms with van der Waals surface area (Å²) >= 11 is 0. The third-order valence-corrected chi connectivity index (χ3v) is 4.87. The molecule has 1 fully saturated rings. The van der Waals surface area contributed by atoms with Crippen LogP contribution in [-0.2, 0) is 4.74 Å². The Kier molecular flexibility index (Phi) is 4.81. The van der Waals surface area contributed by atoms with Crippen molar-refractivity contribution < 1.29 is 44.5 Å². The monoisotopic (exact) mass is 406 g/mol. The minimum absolute atomic E-state index is 0.0161. The first-order valence-corrected chi connectivity index (χ1v) is 8.71. The maximum Gasteiger partial charge on any atom is 0.229 e. The van der Waals surface area contributed by atoms with Crippen LogP contribution in [0.3, 0.4) is 0 Å². The van der Waals surface area contributed by atoms with Crippen LogP contribution in [0, 0.1) is 0 Å². The summed E-state index contributed by atoms with van der Waals surface area (Å²) in [5, 5.41) is 59.4. The van der Waals surface area contributed by atoms with Crippen LogP contribution in [0.1, 0.15) is 0 Å². The van der Waals surface area contributed by atoms with Gasteiger partial charge in [-0.05, 0) is 24.3 Å². The number of aliphatic hydroxyl groups excluding tert-OH is 4. The summed E-state index contributed by atoms with van der Waals surface area (Å²) in [6.07, 6.45) is -7.60. The zero-order valence-electron chi connectivity index (χ0n) is 14.8. The van der Waals surface area contributed by atoms with Crippen LogP contribution in [0.2, 0.25) is 0 Å². The van der Waals surface area contributed by atoms with Crippen LogP contribution in [0.5, 0.6) is 17.2 Å². The second kappa shape index (κ2) is 7.17. The van der Waals surface area contributed by atoms with Crippen molar-refractivity contribution in [3.63, 3.8) is 0 Å². The Morgan fingerprint density at radius 2 is 1.76 bits per heavy atom. The van der Waals surface area contributed by atoms with Crippen molar-refractivity contribution in [2.24, 2.45) is 0 Å². The molecule has 0 bridgehead atoms. The van der Waals surface area contributed by atoms with E-state index in [2.05, 4.69) is 0 Å². The van der Waals surface area contributed by atoms with Gasteiger partial charge in [-0.15, -0.1) is 0 Å². The fraction of sp³-hybridized carbons (Fsp3) is 0.316. The molecule has 0 aliphatic carbocycles. The van der Waals surface area contributed by atoms with Crippen LogP contribution < -0.4 is 10.2 Å². The number of benzene rings is 2. The number of ether oxygens (including phenoxy) is 2. The fourth-order valence-electron chi connectivity index (χ4n) is 3.30. The summed E-state index contributed by atoms with van der Waals surface area (Å²) < 4.78 is 16.2. The maximum atomic E-state index is 12.7. The third kappa shape index (κ3) is 3.07. The van der Waals surface area contributed by atoms with E-state index >= 15 is 0 Å². The molecular formula is C19H18O10. The Hall–Kier alpha value is -2.89. The van der Waals surface area contributed by atoms with Crippen molar-refractivity contribution in [1.82, 2.24) is 0 Å². The van der Waals surface area contributed by atoms with Crippen LogP contribution in [-0.4, -0.2) is 68.0 Å². The van der Waals surface area contributed by atoms with Crippen LogP contribution in [0.25, 0.3) is 21.9 Å². The number of aliphatic hydroxyl groups is 4. The number of hydrogen-bond donors (Lipinski definition) is 6. The van der Waals surface area contributed by atoms with E-state index < -0.39 is 48.5 Å². The SMILES string of the molecule is O=c1c2ccc(O[C@@H]3O[C@@H](CO)[C@H](O)[C@@H](O)[C@@H]3O)c(O)c2oc2cccc(O)c12. The first-order valence-electron chi connectivity index (χ1n) is 8.71. The number of hydrogen-bond acceptors (Lipinski definition) is 10. The number of fused-ring (bicyclic) bond motifs is 2. The van der Waals surface area contributed by atoms with Crippen LogP contribution in [0.15, 0.2) is 39.5 Å². The number of rotatable bonds is 3. The Morgan fingerprint density at radius 3 is 2.48 bits per heavy atom. The minimum atomic E-state index is -1.68. The molecule has 154 valence electrons. The lowest BCUT2D eigenvalue weighted by molar-refractivity contribution is -0.277. The van der Waals surface area contributed by atoms with Crippen molar-refractivity contribution in [2.75, 3.05) is 6.61 Å². The van der Waals surface area contributed by atoms with E-state index in [1.165, 1.54) is 30.3 Å². The van der Waals surface area contributed by atoms with Crippen molar-refractivity contribution in [2.45, 2.75) is 30.7 Å². The quantitative estimate of drug-likeness (QED) is 0.313. The molecule has 2 aromatic carbocycles. The van der Waals surface area contributed by atoms with Crippen molar-refractivity contribution in [3.05, 3.63) is 40.6 Å². The lowest BCUT2D eigenvalue weighted by Crippen LogP contribution is -2.60. The Balaban J connectivity index is 1.76. The average Bonchev–Trinajstić information content (AvgIpc) is 2.70. The molecule has 1 aliphatic heterocycles. The first kappa shape index (κ1) is 19.4. The van der Waals surface area contributed by atoms with E-state index in [-0.39, 0.29) is 33.4 Å². The highest BCUT2D eigenvalue weighted by molar-refractivity contribution is 5.95. The Labute approximate surface area is 162 Å². The minimum Gasteiger partial charge on any atom is -0.507 e. The highest BCUT2D eigenvalue weighted by Gasteiger charge is 2.45. The number of phenols is 2. The van der Waals surface area contributed by atoms with Gasteiger partial charge in [0.25, 0.3) is 0 Å². The lowest BCUT2D eigenvalue weighted by atomic mass is 9.99. The van der Waals surface area contributed by atoms with Gasteiger partial charge in [0.15, 0.2) is 11.3 Å². The summed E-state index contributed by atoms with van der Waals surface area (Å²) in [6, 6.07) is 6.77. The molecule has 1 saturated heterocycles. The largest absolute Gasteiger partial charge is 0.507 e. The highest BCUT2D eigenvalue weighted by Crippen LogP contribution is 2.37. The van der Waals surface area contributed by atoms with Gasteiger partial charge in [0.1, 0.15) is 41.1 Å². The molecule has 1 aromatic heterocycles. The smallest absolute Gasteiger partial charge is 0.229 e. The molecule has 4 rings (SSSR count). The molecule has 10 nitrogen and oxygen atoms in total. The van der Waals surface area contributed by atoms with Crippen LogP contribution >= 0.6 is 0 Å². The van der Waals surface area contributed by atoms with Gasteiger partial charge in [-0.3, -0.25) is 4.79 Å². The third-order valence-electron chi connectivity index (χ3n) is 4.87. The average molecular weight is 406 g/mol. The number of aromatic hydroxyl groups is 2. The first-order chi connectivity index (χ1) is 13.8. The molecule has 6 N–H and O–H groups in total. The van der Waals surface area contributed by atoms with Gasteiger partial charge in [0, 0.05) is 0 Å². The topological polar surface area (TPSA) is 170 Å². The zero-order chi connectivity index (χ0) is 20.9. The van der Waals surface area contributed by atoms with Gasteiger partial charge in [-0.25, -0.2) is 0 Å². The molecule has 0 spiro atoms. The van der Waals surface area contributed by atoms with Gasteiger partial charge < -0.3 is 44.5 Å². The fourth-order valence-corrected chi connectivity index (χ4v) is 3.30. The summed E-state index contributed by atoms with van der Waals surface area (Å²) in [6.45, 7) is -0.640. The molecule has 1 aliphatic rings. The molecule has 5 atom stereocenters. The van der Waals surface area contributed by atoms with E-state index in [0.29, 0.717) is 0 Å². The van der Waals surface area contributed by atoms with E-state index in [9.17, 15) is 35.4 Å². The van der Waals surface area contributed by atoms with E-state index in [4.69, 9.17) is 13.9 Å². The molecule has 0 radical (unpaired) electrons. The normalized spacial score (nSPS) is 27.4. The second-order valence-corrected chi connectivity index (χ2v) is 6.69. The predicted octanol–water partition coefficient (Wildman–Crippen LogP) is -0.464. The Morgan fingerprint density at radius 1 is 1.00 bits per heavy atom. The van der Waals surface area contributed by atoms with E-state index in [1.54, 1.807) is 0 Å². The van der Waals surface area contributed by atoms with Crippen molar-refractivity contribution in [1.29, 1.82) is 0 Å².